The van der Waals surface area contributed by atoms with Gasteiger partial charge in [0.15, 0.2) is 11.6 Å². The van der Waals surface area contributed by atoms with Crippen molar-refractivity contribution in [2.75, 3.05) is 7.11 Å². The molecule has 140 valence electrons. The number of nitrogens with zero attached hydrogens (tertiary/aromatic N) is 2. The number of pyridine rings is 1. The summed E-state index contributed by atoms with van der Waals surface area (Å²) in [5.74, 6) is 2.38. The molecule has 2 N–H and O–H groups in total. The molecule has 0 fully saturated rings. The maximum Gasteiger partial charge on any atom is 0.196 e. The van der Waals surface area contributed by atoms with Gasteiger partial charge in [-0.3, -0.25) is 0 Å². The molecule has 3 aromatic rings. The number of hydrogen-bond acceptors (Lipinski definition) is 4. The number of methoxy groups -OCH3 is 1. The maximum atomic E-state index is 6.09. The van der Waals surface area contributed by atoms with E-state index in [0.29, 0.717) is 30.4 Å². The second kappa shape index (κ2) is 10.2. The average molecular weight is 384 g/mol. The number of rotatable bonds is 7. The summed E-state index contributed by atoms with van der Waals surface area (Å²) in [5, 5.41) is 0. The zero-order valence-corrected chi connectivity index (χ0v) is 15.9. The number of halogens is 1. The van der Waals surface area contributed by atoms with Crippen molar-refractivity contribution in [3.63, 3.8) is 0 Å². The second-order valence-electron chi connectivity index (χ2n) is 5.73. The van der Waals surface area contributed by atoms with Crippen LogP contribution in [0.1, 0.15) is 11.1 Å². The lowest BCUT2D eigenvalue weighted by molar-refractivity contribution is 0.306. The van der Waals surface area contributed by atoms with E-state index in [9.17, 15) is 0 Å². The van der Waals surface area contributed by atoms with Crippen molar-refractivity contribution in [1.82, 2.24) is 4.98 Å². The van der Waals surface area contributed by atoms with Crippen molar-refractivity contribution >= 4 is 24.1 Å². The van der Waals surface area contributed by atoms with E-state index in [4.69, 9.17) is 15.2 Å². The number of aliphatic imine (C=N–C) groups is 1. The van der Waals surface area contributed by atoms with Crippen LogP contribution in [-0.4, -0.2) is 17.9 Å². The van der Waals surface area contributed by atoms with Crippen LogP contribution < -0.4 is 15.2 Å². The molecule has 0 aliphatic heterocycles. The van der Waals surface area contributed by atoms with Gasteiger partial charge in [-0.2, -0.15) is 0 Å². The van der Waals surface area contributed by atoms with Crippen LogP contribution in [0.4, 0.5) is 5.82 Å². The Morgan fingerprint density at radius 1 is 0.963 bits per heavy atom. The number of ether oxygens (including phenoxy) is 2. The number of nitrogens with two attached hydrogens (primary N) is 1. The molecule has 0 saturated heterocycles. The van der Waals surface area contributed by atoms with Gasteiger partial charge in [0.25, 0.3) is 0 Å². The Labute approximate surface area is 165 Å². The number of hydrogen-bond donors (Lipinski definition) is 1. The second-order valence-corrected chi connectivity index (χ2v) is 5.73. The summed E-state index contributed by atoms with van der Waals surface area (Å²) in [7, 11) is 1.64. The molecule has 1 heterocycles. The zero-order chi connectivity index (χ0) is 18.2. The smallest absolute Gasteiger partial charge is 0.196 e. The van der Waals surface area contributed by atoms with E-state index < -0.39 is 0 Å². The van der Waals surface area contributed by atoms with Gasteiger partial charge in [-0.05, 0) is 35.4 Å². The highest BCUT2D eigenvalue weighted by Gasteiger charge is 2.06. The van der Waals surface area contributed by atoms with Crippen LogP contribution in [0.3, 0.4) is 0 Å². The Balaban J connectivity index is 0.00000261. The van der Waals surface area contributed by atoms with Crippen molar-refractivity contribution < 1.29 is 9.47 Å². The largest absolute Gasteiger partial charge is 0.497 e. The summed E-state index contributed by atoms with van der Waals surface area (Å²) < 4.78 is 11.0. The van der Waals surface area contributed by atoms with Crippen molar-refractivity contribution in [2.45, 2.75) is 13.0 Å². The fraction of sp³-hybridized carbons (Fsp3) is 0.143. The fourth-order valence-corrected chi connectivity index (χ4v) is 2.44. The third-order valence-corrected chi connectivity index (χ3v) is 3.78. The molecule has 3 rings (SSSR count). The third kappa shape index (κ3) is 6.01. The molecule has 2 aromatic carbocycles. The SMILES string of the molecule is COc1ccc(COc2cccnc2N=C(N)Cc2ccccc2)cc1.Cl. The Morgan fingerprint density at radius 2 is 1.70 bits per heavy atom. The molecule has 0 atom stereocenters. The third-order valence-electron chi connectivity index (χ3n) is 3.78. The van der Waals surface area contributed by atoms with Crippen LogP contribution in [-0.2, 0) is 13.0 Å². The van der Waals surface area contributed by atoms with Crippen molar-refractivity contribution in [1.29, 1.82) is 0 Å². The van der Waals surface area contributed by atoms with Gasteiger partial charge < -0.3 is 15.2 Å². The fourth-order valence-electron chi connectivity index (χ4n) is 2.44. The van der Waals surface area contributed by atoms with Crippen LogP contribution in [0.2, 0.25) is 0 Å². The first kappa shape index (κ1) is 20.3. The molecule has 0 aliphatic carbocycles. The highest BCUT2D eigenvalue weighted by Crippen LogP contribution is 2.25. The molecule has 27 heavy (non-hydrogen) atoms. The summed E-state index contributed by atoms with van der Waals surface area (Å²) in [6.07, 6.45) is 2.24. The number of amidine groups is 1. The van der Waals surface area contributed by atoms with E-state index in [1.54, 1.807) is 13.3 Å². The molecule has 6 heteroatoms. The molecule has 0 amide bonds. The van der Waals surface area contributed by atoms with Gasteiger partial charge in [0.05, 0.1) is 7.11 Å². The van der Waals surface area contributed by atoms with Crippen molar-refractivity contribution in [3.05, 3.63) is 84.1 Å². The van der Waals surface area contributed by atoms with Crippen LogP contribution in [0.15, 0.2) is 77.9 Å². The highest BCUT2D eigenvalue weighted by atomic mass is 35.5. The highest BCUT2D eigenvalue weighted by molar-refractivity contribution is 5.85. The van der Waals surface area contributed by atoms with E-state index in [1.165, 1.54) is 0 Å². The predicted molar refractivity (Wildman–Crippen MR) is 110 cm³/mol. The Bertz CT molecular complexity index is 868. The first-order valence-electron chi connectivity index (χ1n) is 8.32. The minimum absolute atomic E-state index is 0. The molecule has 0 unspecified atom stereocenters. The Hall–Kier alpha value is -3.05. The van der Waals surface area contributed by atoms with Gasteiger partial charge in [-0.15, -0.1) is 12.4 Å². The number of aromatic nitrogens is 1. The summed E-state index contributed by atoms with van der Waals surface area (Å²) >= 11 is 0. The van der Waals surface area contributed by atoms with Crippen LogP contribution in [0.25, 0.3) is 0 Å². The molecular weight excluding hydrogens is 362 g/mol. The van der Waals surface area contributed by atoms with E-state index in [2.05, 4.69) is 9.98 Å². The van der Waals surface area contributed by atoms with Gasteiger partial charge in [0, 0.05) is 12.6 Å². The van der Waals surface area contributed by atoms with Gasteiger partial charge >= 0.3 is 0 Å². The van der Waals surface area contributed by atoms with Gasteiger partial charge in [0.1, 0.15) is 18.2 Å². The van der Waals surface area contributed by atoms with Gasteiger partial charge in [0.2, 0.25) is 0 Å². The van der Waals surface area contributed by atoms with Gasteiger partial charge in [-0.25, -0.2) is 9.98 Å². The summed E-state index contributed by atoms with van der Waals surface area (Å²) in [5.41, 5.74) is 8.22. The molecule has 5 nitrogen and oxygen atoms in total. The normalized spacial score (nSPS) is 10.8. The maximum absolute atomic E-state index is 6.09. The first-order valence-corrected chi connectivity index (χ1v) is 8.32. The average Bonchev–Trinajstić information content (AvgIpc) is 2.68. The van der Waals surface area contributed by atoms with Crippen molar-refractivity contribution in [3.8, 4) is 11.5 Å². The van der Waals surface area contributed by atoms with E-state index in [0.717, 1.165) is 16.9 Å². The first-order chi connectivity index (χ1) is 12.7. The van der Waals surface area contributed by atoms with Crippen molar-refractivity contribution in [2.24, 2.45) is 10.7 Å². The van der Waals surface area contributed by atoms with Crippen LogP contribution >= 0.6 is 12.4 Å². The summed E-state index contributed by atoms with van der Waals surface area (Å²) in [4.78, 5) is 8.72. The summed E-state index contributed by atoms with van der Waals surface area (Å²) in [6.45, 7) is 0.413. The lowest BCUT2D eigenvalue weighted by atomic mass is 10.1. The summed E-state index contributed by atoms with van der Waals surface area (Å²) in [6, 6.07) is 21.3. The minimum Gasteiger partial charge on any atom is -0.497 e. The topological polar surface area (TPSA) is 69.7 Å². The lowest BCUT2D eigenvalue weighted by Gasteiger charge is -2.09. The molecule has 0 aliphatic rings. The molecular formula is C21H22ClN3O2. The zero-order valence-electron chi connectivity index (χ0n) is 15.0. The van der Waals surface area contributed by atoms with Gasteiger partial charge in [-0.1, -0.05) is 42.5 Å². The predicted octanol–water partition coefficient (Wildman–Crippen LogP) is 4.32. The number of benzene rings is 2. The van der Waals surface area contributed by atoms with E-state index in [-0.39, 0.29) is 12.4 Å². The Kier molecular flexibility index (Phi) is 7.64. The standard InChI is InChI=1S/C21H21N3O2.ClH/c1-25-18-11-9-17(10-12-18)15-26-19-8-5-13-23-21(19)24-20(22)14-16-6-3-2-4-7-16;/h2-13H,14-15H2,1H3,(H2,22,23,24);1H. The quantitative estimate of drug-likeness (QED) is 0.487. The van der Waals surface area contributed by atoms with Crippen LogP contribution in [0, 0.1) is 0 Å². The molecule has 0 radical (unpaired) electrons. The monoisotopic (exact) mass is 383 g/mol. The molecule has 1 aromatic heterocycles. The van der Waals surface area contributed by atoms with Crippen LogP contribution in [0.5, 0.6) is 11.5 Å². The minimum atomic E-state index is 0. The lowest BCUT2D eigenvalue weighted by Crippen LogP contribution is -2.14. The van der Waals surface area contributed by atoms with E-state index in [1.807, 2.05) is 66.7 Å². The Morgan fingerprint density at radius 3 is 2.41 bits per heavy atom. The molecule has 0 spiro atoms. The molecule has 0 bridgehead atoms. The van der Waals surface area contributed by atoms with E-state index >= 15 is 0 Å². The molecule has 0 saturated carbocycles.